The molecule has 16 heavy (non-hydrogen) atoms. The molecule has 2 rings (SSSR count). The molecule has 0 aliphatic carbocycles. The smallest absolute Gasteiger partial charge is 0.0794 e. The number of aromatic nitrogens is 2. The van der Waals surface area contributed by atoms with Gasteiger partial charge < -0.3 is 5.32 Å². The predicted molar refractivity (Wildman–Crippen MR) is 66.6 cm³/mol. The Hall–Kier alpha value is -1.26. The van der Waals surface area contributed by atoms with E-state index in [1.54, 1.807) is 11.3 Å². The van der Waals surface area contributed by atoms with Crippen LogP contribution in [-0.4, -0.2) is 17.0 Å². The molecule has 1 unspecified atom stereocenters. The van der Waals surface area contributed by atoms with Gasteiger partial charge in [-0.1, -0.05) is 6.07 Å². The molecule has 0 saturated carbocycles. The molecule has 0 bridgehead atoms. The molecule has 0 aromatic carbocycles. The maximum Gasteiger partial charge on any atom is 0.0794 e. The van der Waals surface area contributed by atoms with Crippen LogP contribution in [-0.2, 0) is 6.42 Å². The van der Waals surface area contributed by atoms with Gasteiger partial charge in [-0.15, -0.1) is 11.3 Å². The van der Waals surface area contributed by atoms with E-state index in [4.69, 9.17) is 0 Å². The van der Waals surface area contributed by atoms with E-state index in [1.165, 1.54) is 10.4 Å². The first-order valence-electron chi connectivity index (χ1n) is 5.27. The average molecular weight is 233 g/mol. The minimum absolute atomic E-state index is 0.307. The first-order chi connectivity index (χ1) is 7.81. The highest BCUT2D eigenvalue weighted by Crippen LogP contribution is 2.21. The quantitative estimate of drug-likeness (QED) is 0.881. The Balaban J connectivity index is 2.17. The number of thiazole rings is 1. The van der Waals surface area contributed by atoms with E-state index in [0.29, 0.717) is 6.04 Å². The predicted octanol–water partition coefficient (Wildman–Crippen LogP) is 2.35. The van der Waals surface area contributed by atoms with Crippen molar-refractivity contribution in [3.63, 3.8) is 0 Å². The lowest BCUT2D eigenvalue weighted by molar-refractivity contribution is 0.591. The van der Waals surface area contributed by atoms with E-state index in [0.717, 1.165) is 12.1 Å². The molecule has 0 amide bonds. The van der Waals surface area contributed by atoms with Crippen LogP contribution in [0.5, 0.6) is 0 Å². The van der Waals surface area contributed by atoms with Crippen LogP contribution >= 0.6 is 11.3 Å². The third-order valence-electron chi connectivity index (χ3n) is 2.66. The Morgan fingerprint density at radius 1 is 1.50 bits per heavy atom. The SMILES string of the molecule is CNC(Cc1ncccc1C)c1cncs1. The monoisotopic (exact) mass is 233 g/mol. The summed E-state index contributed by atoms with van der Waals surface area (Å²) in [7, 11) is 1.97. The molecule has 1 N–H and O–H groups in total. The molecular formula is C12H15N3S. The Morgan fingerprint density at radius 3 is 3.00 bits per heavy atom. The third-order valence-corrected chi connectivity index (χ3v) is 3.55. The van der Waals surface area contributed by atoms with Crippen LogP contribution in [0.4, 0.5) is 0 Å². The van der Waals surface area contributed by atoms with Crippen LogP contribution in [0.1, 0.15) is 22.2 Å². The summed E-state index contributed by atoms with van der Waals surface area (Å²) in [6.07, 6.45) is 4.68. The van der Waals surface area contributed by atoms with Crippen molar-refractivity contribution in [2.45, 2.75) is 19.4 Å². The number of likely N-dealkylation sites (N-methyl/N-ethyl adjacent to an activating group) is 1. The van der Waals surface area contributed by atoms with Crippen LogP contribution in [0.15, 0.2) is 30.0 Å². The van der Waals surface area contributed by atoms with E-state index in [9.17, 15) is 0 Å². The molecule has 0 radical (unpaired) electrons. The summed E-state index contributed by atoms with van der Waals surface area (Å²) >= 11 is 1.68. The fourth-order valence-electron chi connectivity index (χ4n) is 1.67. The zero-order valence-electron chi connectivity index (χ0n) is 9.47. The fourth-order valence-corrected chi connectivity index (χ4v) is 2.40. The topological polar surface area (TPSA) is 37.8 Å². The van der Waals surface area contributed by atoms with Gasteiger partial charge in [-0.25, -0.2) is 0 Å². The molecule has 3 nitrogen and oxygen atoms in total. The molecule has 1 atom stereocenters. The van der Waals surface area contributed by atoms with Crippen LogP contribution in [0.2, 0.25) is 0 Å². The zero-order valence-corrected chi connectivity index (χ0v) is 10.3. The molecular weight excluding hydrogens is 218 g/mol. The highest BCUT2D eigenvalue weighted by molar-refractivity contribution is 7.09. The normalized spacial score (nSPS) is 12.6. The summed E-state index contributed by atoms with van der Waals surface area (Å²) in [5.41, 5.74) is 4.26. The van der Waals surface area contributed by atoms with Gasteiger partial charge in [0.25, 0.3) is 0 Å². The number of hydrogen-bond acceptors (Lipinski definition) is 4. The first-order valence-corrected chi connectivity index (χ1v) is 6.15. The summed E-state index contributed by atoms with van der Waals surface area (Å²) in [4.78, 5) is 9.79. The molecule has 2 heterocycles. The molecule has 0 aliphatic rings. The molecule has 0 spiro atoms. The van der Waals surface area contributed by atoms with Crippen molar-refractivity contribution < 1.29 is 0 Å². The lowest BCUT2D eigenvalue weighted by Gasteiger charge is -2.14. The fraction of sp³-hybridized carbons (Fsp3) is 0.333. The average Bonchev–Trinajstić information content (AvgIpc) is 2.81. The number of nitrogens with one attached hydrogen (secondary N) is 1. The standard InChI is InChI=1S/C12H15N3S/c1-9-4-3-5-15-10(9)6-11(13-2)12-7-14-8-16-12/h3-5,7-8,11,13H,6H2,1-2H3. The van der Waals surface area contributed by atoms with E-state index in [-0.39, 0.29) is 0 Å². The molecule has 0 saturated heterocycles. The molecule has 0 fully saturated rings. The van der Waals surface area contributed by atoms with Gasteiger partial charge in [0.15, 0.2) is 0 Å². The van der Waals surface area contributed by atoms with Crippen LogP contribution in [0.25, 0.3) is 0 Å². The van der Waals surface area contributed by atoms with Crippen molar-refractivity contribution in [3.05, 3.63) is 46.2 Å². The number of hydrogen-bond donors (Lipinski definition) is 1. The second-order valence-electron chi connectivity index (χ2n) is 3.72. The van der Waals surface area contributed by atoms with Gasteiger partial charge in [-0.3, -0.25) is 9.97 Å². The maximum atomic E-state index is 4.42. The van der Waals surface area contributed by atoms with Crippen LogP contribution < -0.4 is 5.32 Å². The summed E-state index contributed by atoms with van der Waals surface area (Å²) in [6, 6.07) is 4.38. The number of rotatable bonds is 4. The lowest BCUT2D eigenvalue weighted by atomic mass is 10.1. The zero-order chi connectivity index (χ0) is 11.4. The van der Waals surface area contributed by atoms with Gasteiger partial charge in [-0.05, 0) is 25.6 Å². The van der Waals surface area contributed by atoms with Crippen molar-refractivity contribution in [2.24, 2.45) is 0 Å². The largest absolute Gasteiger partial charge is 0.312 e. The molecule has 2 aromatic heterocycles. The second kappa shape index (κ2) is 5.18. The minimum Gasteiger partial charge on any atom is -0.312 e. The van der Waals surface area contributed by atoms with Crippen molar-refractivity contribution in [1.82, 2.24) is 15.3 Å². The summed E-state index contributed by atoms with van der Waals surface area (Å²) in [5.74, 6) is 0. The highest BCUT2D eigenvalue weighted by atomic mass is 32.1. The first kappa shape index (κ1) is 11.2. The lowest BCUT2D eigenvalue weighted by Crippen LogP contribution is -2.18. The van der Waals surface area contributed by atoms with Gasteiger partial charge >= 0.3 is 0 Å². The Morgan fingerprint density at radius 2 is 2.38 bits per heavy atom. The molecule has 0 aliphatic heterocycles. The van der Waals surface area contributed by atoms with Gasteiger partial charge in [-0.2, -0.15) is 0 Å². The Bertz CT molecular complexity index is 439. The van der Waals surface area contributed by atoms with Crippen molar-refractivity contribution >= 4 is 11.3 Å². The second-order valence-corrected chi connectivity index (χ2v) is 4.63. The van der Waals surface area contributed by atoms with E-state index < -0.39 is 0 Å². The third kappa shape index (κ3) is 2.46. The summed E-state index contributed by atoms with van der Waals surface area (Å²) in [6.45, 7) is 2.10. The highest BCUT2D eigenvalue weighted by Gasteiger charge is 2.13. The Labute approximate surface area is 99.6 Å². The molecule has 2 aromatic rings. The Kier molecular flexibility index (Phi) is 3.64. The summed E-state index contributed by atoms with van der Waals surface area (Å²) in [5, 5.41) is 3.31. The minimum atomic E-state index is 0.307. The van der Waals surface area contributed by atoms with Crippen molar-refractivity contribution in [3.8, 4) is 0 Å². The van der Waals surface area contributed by atoms with Crippen molar-refractivity contribution in [1.29, 1.82) is 0 Å². The van der Waals surface area contributed by atoms with Crippen molar-refractivity contribution in [2.75, 3.05) is 7.05 Å². The van der Waals surface area contributed by atoms with Gasteiger partial charge in [0.2, 0.25) is 0 Å². The van der Waals surface area contributed by atoms with Crippen LogP contribution in [0.3, 0.4) is 0 Å². The van der Waals surface area contributed by atoms with E-state index >= 15 is 0 Å². The number of nitrogens with zero attached hydrogens (tertiary/aromatic N) is 2. The summed E-state index contributed by atoms with van der Waals surface area (Å²) < 4.78 is 0. The maximum absolute atomic E-state index is 4.42. The van der Waals surface area contributed by atoms with E-state index in [1.807, 2.05) is 31.0 Å². The number of aryl methyl sites for hydroxylation is 1. The van der Waals surface area contributed by atoms with Crippen LogP contribution in [0, 0.1) is 6.92 Å². The van der Waals surface area contributed by atoms with E-state index in [2.05, 4.69) is 28.3 Å². The van der Waals surface area contributed by atoms with Gasteiger partial charge in [0.05, 0.1) is 5.51 Å². The molecule has 4 heteroatoms. The van der Waals surface area contributed by atoms with Gasteiger partial charge in [0.1, 0.15) is 0 Å². The van der Waals surface area contributed by atoms with Gasteiger partial charge in [0, 0.05) is 35.4 Å². The number of pyridine rings is 1. The molecule has 84 valence electrons.